The standard InChI is InChI=1S/C24H23F3N2O4S2.C23H20F4N2O4S/c1-12-8-16(35(32,33)24(25,26)27)6-7-18(12)29-23(31)21-15(4)19(34-5)9-17(22(21)30)20-13(2)10-28-11-14(20)3;1-11-7-15(34(32,33)23(25,26)27)5-6-18(11)29-22(31)20-14(4)17(24)8-16(21(20)30)19-12(2)9-28-10-13(19)3/h6-11,30H,1-5H3,(H,29,31);5-10,30H,1-4H3,(H,29,31). The molecular weight excluding hydrogens is 978 g/mol. The number of alkyl halides is 6. The van der Waals surface area contributed by atoms with E-state index in [2.05, 4.69) is 20.6 Å². The molecule has 0 fully saturated rings. The van der Waals surface area contributed by atoms with Gasteiger partial charge in [0.25, 0.3) is 31.5 Å². The van der Waals surface area contributed by atoms with E-state index in [4.69, 9.17) is 0 Å². The number of rotatable bonds is 9. The Bertz CT molecular complexity index is 3250. The van der Waals surface area contributed by atoms with Gasteiger partial charge in [-0.15, -0.1) is 11.8 Å². The zero-order valence-corrected chi connectivity index (χ0v) is 40.5. The van der Waals surface area contributed by atoms with Crippen LogP contribution < -0.4 is 10.6 Å². The lowest BCUT2D eigenvalue weighted by Crippen LogP contribution is -2.23. The van der Waals surface area contributed by atoms with Crippen molar-refractivity contribution >= 4 is 54.6 Å². The summed E-state index contributed by atoms with van der Waals surface area (Å²) >= 11 is 1.39. The fraction of sp³-hybridized carbons (Fsp3) is 0.234. The molecule has 4 N–H and O–H groups in total. The third-order valence-corrected chi connectivity index (χ3v) is 14.8. The molecule has 0 unspecified atom stereocenters. The maximum atomic E-state index is 14.8. The van der Waals surface area contributed by atoms with E-state index in [0.717, 1.165) is 58.0 Å². The second kappa shape index (κ2) is 19.8. The van der Waals surface area contributed by atoms with Gasteiger partial charge in [-0.3, -0.25) is 19.6 Å². The van der Waals surface area contributed by atoms with Crippen molar-refractivity contribution in [3.05, 3.63) is 135 Å². The molecule has 0 radical (unpaired) electrons. The van der Waals surface area contributed by atoms with Crippen LogP contribution in [0.2, 0.25) is 0 Å². The van der Waals surface area contributed by atoms with Crippen LogP contribution in [0.1, 0.15) is 65.2 Å². The summed E-state index contributed by atoms with van der Waals surface area (Å²) in [6, 6.07) is 8.10. The highest BCUT2D eigenvalue weighted by molar-refractivity contribution is 7.98. The second-order valence-corrected chi connectivity index (χ2v) is 20.5. The van der Waals surface area contributed by atoms with Crippen LogP contribution in [0.5, 0.6) is 11.5 Å². The lowest BCUT2D eigenvalue weighted by atomic mass is 9.92. The van der Waals surface area contributed by atoms with Gasteiger partial charge in [0, 0.05) is 57.7 Å². The van der Waals surface area contributed by atoms with Crippen LogP contribution in [0.4, 0.5) is 42.1 Å². The van der Waals surface area contributed by atoms with Crippen molar-refractivity contribution in [2.24, 2.45) is 0 Å². The number of sulfone groups is 2. The zero-order valence-electron chi connectivity index (χ0n) is 38.0. The van der Waals surface area contributed by atoms with Gasteiger partial charge < -0.3 is 20.8 Å². The summed E-state index contributed by atoms with van der Waals surface area (Å²) in [5.74, 6) is -3.09. The first-order chi connectivity index (χ1) is 31.9. The number of amides is 2. The van der Waals surface area contributed by atoms with Gasteiger partial charge in [0.15, 0.2) is 0 Å². The quantitative estimate of drug-likeness (QED) is 0.0795. The number of hydrogen-bond acceptors (Lipinski definition) is 11. The Hall–Kier alpha value is -6.52. The van der Waals surface area contributed by atoms with Gasteiger partial charge in [0.2, 0.25) is 0 Å². The maximum Gasteiger partial charge on any atom is 0.501 e. The average molecular weight is 1020 g/mol. The van der Waals surface area contributed by atoms with Crippen molar-refractivity contribution in [2.75, 3.05) is 16.9 Å². The van der Waals surface area contributed by atoms with E-state index in [-0.39, 0.29) is 50.5 Å². The lowest BCUT2D eigenvalue weighted by molar-refractivity contribution is -0.0442. The van der Waals surface area contributed by atoms with Gasteiger partial charge >= 0.3 is 11.0 Å². The molecule has 0 bridgehead atoms. The number of nitrogens with zero attached hydrogens (tertiary/aromatic N) is 2. The van der Waals surface area contributed by atoms with Gasteiger partial charge in [-0.05, 0) is 160 Å². The molecular formula is C47H43F7N4O8S3. The van der Waals surface area contributed by atoms with Crippen LogP contribution in [-0.4, -0.2) is 66.1 Å². The van der Waals surface area contributed by atoms with Crippen molar-refractivity contribution in [1.82, 2.24) is 9.97 Å². The van der Waals surface area contributed by atoms with Gasteiger partial charge in [0.05, 0.1) is 20.9 Å². The number of hydrogen-bond donors (Lipinski definition) is 4. The van der Waals surface area contributed by atoms with Crippen LogP contribution >= 0.6 is 11.8 Å². The first-order valence-electron chi connectivity index (χ1n) is 20.1. The number of aromatic hydroxyl groups is 2. The molecule has 6 aromatic rings. The fourth-order valence-corrected chi connectivity index (χ4v) is 9.74. The molecule has 6 rings (SSSR count). The van der Waals surface area contributed by atoms with E-state index < -0.39 is 63.9 Å². The number of halogens is 7. The van der Waals surface area contributed by atoms with Crippen molar-refractivity contribution in [2.45, 2.75) is 81.1 Å². The van der Waals surface area contributed by atoms with Crippen molar-refractivity contribution < 1.29 is 67.4 Å². The number of benzene rings is 4. The molecule has 4 aromatic carbocycles. The molecule has 0 aliphatic heterocycles. The van der Waals surface area contributed by atoms with E-state index in [1.807, 2.05) is 20.1 Å². The van der Waals surface area contributed by atoms with E-state index >= 15 is 0 Å². The van der Waals surface area contributed by atoms with Crippen LogP contribution in [0.25, 0.3) is 22.3 Å². The third-order valence-electron chi connectivity index (χ3n) is 11.0. The second-order valence-electron chi connectivity index (χ2n) is 15.8. The largest absolute Gasteiger partial charge is 0.506 e. The summed E-state index contributed by atoms with van der Waals surface area (Å²) in [6.45, 7) is 12.8. The first kappa shape index (κ1) is 53.4. The van der Waals surface area contributed by atoms with Crippen LogP contribution in [0, 0.1) is 61.2 Å². The number of carbonyl (C=O) groups is 2. The molecule has 0 spiro atoms. The molecule has 0 saturated heterocycles. The van der Waals surface area contributed by atoms with Crippen LogP contribution in [0.15, 0.2) is 88.0 Å². The van der Waals surface area contributed by atoms with Gasteiger partial charge in [-0.2, -0.15) is 26.3 Å². The molecule has 0 atom stereocenters. The number of carbonyl (C=O) groups excluding carboxylic acids is 2. The summed E-state index contributed by atoms with van der Waals surface area (Å²) < 4.78 is 139. The highest BCUT2D eigenvalue weighted by Crippen LogP contribution is 2.43. The van der Waals surface area contributed by atoms with Crippen molar-refractivity contribution in [1.29, 1.82) is 0 Å². The average Bonchev–Trinajstić information content (AvgIpc) is 3.24. The van der Waals surface area contributed by atoms with Crippen LogP contribution in [0.3, 0.4) is 0 Å². The maximum absolute atomic E-state index is 14.8. The number of phenolic OH excluding ortho intramolecular Hbond substituents is 2. The molecule has 2 amide bonds. The smallest absolute Gasteiger partial charge is 0.501 e. The zero-order chi connectivity index (χ0) is 51.9. The minimum absolute atomic E-state index is 0.00740. The Kier molecular flexibility index (Phi) is 15.4. The van der Waals surface area contributed by atoms with E-state index in [0.29, 0.717) is 33.9 Å². The summed E-state index contributed by atoms with van der Waals surface area (Å²) in [6.07, 6.45) is 8.19. The van der Waals surface area contributed by atoms with Gasteiger partial charge in [-0.1, -0.05) is 0 Å². The molecule has 2 heterocycles. The predicted molar refractivity (Wildman–Crippen MR) is 248 cm³/mol. The predicted octanol–water partition coefficient (Wildman–Crippen LogP) is 11.3. The fourth-order valence-electron chi connectivity index (χ4n) is 7.40. The molecule has 0 aliphatic rings. The number of phenols is 2. The number of pyridine rings is 2. The molecule has 2 aromatic heterocycles. The summed E-state index contributed by atoms with van der Waals surface area (Å²) in [5.41, 5.74) is -6.00. The molecule has 0 aliphatic carbocycles. The summed E-state index contributed by atoms with van der Waals surface area (Å²) in [7, 11) is -11.1. The normalized spacial score (nSPS) is 12.0. The number of aryl methyl sites for hydroxylation is 6. The number of anilines is 2. The first-order valence-corrected chi connectivity index (χ1v) is 24.3. The SMILES string of the molecule is CSc1cc(-c2c(C)cncc2C)c(O)c(C(=O)Nc2ccc(S(=O)(=O)C(F)(F)F)cc2C)c1C.Cc1cc(S(=O)(=O)C(F)(F)F)ccc1NC(=O)c1c(C)c(F)cc(-c2c(C)cncc2C)c1O. The lowest BCUT2D eigenvalue weighted by Gasteiger charge is -2.19. The van der Waals surface area contributed by atoms with Gasteiger partial charge in [-0.25, -0.2) is 21.2 Å². The minimum atomic E-state index is -5.57. The van der Waals surface area contributed by atoms with Gasteiger partial charge in [0.1, 0.15) is 17.3 Å². The highest BCUT2D eigenvalue weighted by Gasteiger charge is 2.48. The molecule has 69 heavy (non-hydrogen) atoms. The summed E-state index contributed by atoms with van der Waals surface area (Å²) in [4.78, 5) is 33.3. The monoisotopic (exact) mass is 1020 g/mol. The Labute approximate surface area is 396 Å². The van der Waals surface area contributed by atoms with E-state index in [9.17, 15) is 67.4 Å². The number of aromatic nitrogens is 2. The van der Waals surface area contributed by atoms with Crippen molar-refractivity contribution in [3.63, 3.8) is 0 Å². The summed E-state index contributed by atoms with van der Waals surface area (Å²) in [5, 5.41) is 27.1. The molecule has 366 valence electrons. The molecule has 22 heteroatoms. The molecule has 12 nitrogen and oxygen atoms in total. The third kappa shape index (κ3) is 10.6. The Balaban J connectivity index is 0.000000258. The Morgan fingerprint density at radius 3 is 1.23 bits per heavy atom. The molecule has 0 saturated carbocycles. The Morgan fingerprint density at radius 2 is 0.899 bits per heavy atom. The van der Waals surface area contributed by atoms with E-state index in [1.165, 1.54) is 44.9 Å². The number of thioether (sulfide) groups is 1. The van der Waals surface area contributed by atoms with E-state index in [1.54, 1.807) is 39.2 Å². The minimum Gasteiger partial charge on any atom is -0.506 e. The van der Waals surface area contributed by atoms with Crippen LogP contribution in [-0.2, 0) is 19.7 Å². The topological polar surface area (TPSA) is 193 Å². The highest BCUT2D eigenvalue weighted by atomic mass is 32.2. The number of nitrogens with one attached hydrogen (secondary N) is 2. The van der Waals surface area contributed by atoms with Crippen molar-refractivity contribution in [3.8, 4) is 33.8 Å². The Morgan fingerprint density at radius 1 is 0.551 bits per heavy atom.